The van der Waals surface area contributed by atoms with Crippen LogP contribution in [0.2, 0.25) is 0 Å². The van der Waals surface area contributed by atoms with E-state index < -0.39 is 0 Å². The summed E-state index contributed by atoms with van der Waals surface area (Å²) in [5.74, 6) is -0.756. The Morgan fingerprint density at radius 2 is 1.56 bits per heavy atom. The Labute approximate surface area is 196 Å². The van der Waals surface area contributed by atoms with Gasteiger partial charge in [0.05, 0.1) is 18.3 Å². The van der Waals surface area contributed by atoms with E-state index in [9.17, 15) is 15.0 Å². The van der Waals surface area contributed by atoms with Crippen LogP contribution in [0.1, 0.15) is 15.9 Å². The maximum absolute atomic E-state index is 13.5. The van der Waals surface area contributed by atoms with E-state index >= 15 is 0 Å². The number of phenolic OH excluding ortho intramolecular Hbond substituents is 2. The molecule has 0 atom stereocenters. The van der Waals surface area contributed by atoms with Gasteiger partial charge in [-0.25, -0.2) is 0 Å². The van der Waals surface area contributed by atoms with Crippen molar-refractivity contribution in [2.75, 3.05) is 4.90 Å². The summed E-state index contributed by atoms with van der Waals surface area (Å²) in [6.45, 7) is 0.313. The molecule has 1 heterocycles. The fourth-order valence-electron chi connectivity index (χ4n) is 3.93. The first-order chi connectivity index (χ1) is 16.6. The van der Waals surface area contributed by atoms with Crippen LogP contribution in [-0.2, 0) is 6.54 Å². The molecular weight excluding hydrogens is 426 g/mol. The zero-order valence-electron chi connectivity index (χ0n) is 18.2. The minimum Gasteiger partial charge on any atom is -0.508 e. The molecule has 166 valence electrons. The normalized spacial score (nSPS) is 10.8. The van der Waals surface area contributed by atoms with Gasteiger partial charge in [0.15, 0.2) is 0 Å². The molecule has 0 aliphatic carbocycles. The summed E-state index contributed by atoms with van der Waals surface area (Å²) < 4.78 is 0. The second-order valence-corrected chi connectivity index (χ2v) is 7.91. The maximum Gasteiger partial charge on any atom is 0.262 e. The Hall–Kier alpha value is -4.71. The first-order valence-electron chi connectivity index (χ1n) is 10.8. The number of hydrogen-bond donors (Lipinski definition) is 2. The number of phenols is 2. The van der Waals surface area contributed by atoms with Crippen molar-refractivity contribution in [1.29, 1.82) is 0 Å². The minimum absolute atomic E-state index is 0.107. The summed E-state index contributed by atoms with van der Waals surface area (Å²) in [6, 6.07) is 29.1. The van der Waals surface area contributed by atoms with E-state index in [-0.39, 0.29) is 23.0 Å². The zero-order chi connectivity index (χ0) is 23.5. The summed E-state index contributed by atoms with van der Waals surface area (Å²) >= 11 is 0. The van der Waals surface area contributed by atoms with Gasteiger partial charge < -0.3 is 15.1 Å². The highest BCUT2D eigenvalue weighted by atomic mass is 16.3. The molecule has 6 nitrogen and oxygen atoms in total. The molecule has 0 bridgehead atoms. The van der Waals surface area contributed by atoms with Crippen LogP contribution in [0.5, 0.6) is 11.5 Å². The molecule has 0 aliphatic rings. The number of hydrogen-bond acceptors (Lipinski definition) is 5. The highest BCUT2D eigenvalue weighted by Crippen LogP contribution is 2.30. The molecule has 5 rings (SSSR count). The van der Waals surface area contributed by atoms with Crippen molar-refractivity contribution in [3.8, 4) is 22.8 Å². The van der Waals surface area contributed by atoms with Crippen LogP contribution in [0.3, 0.4) is 0 Å². The van der Waals surface area contributed by atoms with Gasteiger partial charge in [-0.15, -0.1) is 5.10 Å². The number of aromatic hydroxyl groups is 2. The third kappa shape index (κ3) is 4.17. The monoisotopic (exact) mass is 447 g/mol. The van der Waals surface area contributed by atoms with Crippen molar-refractivity contribution < 1.29 is 15.0 Å². The molecular formula is C28H21N3O3. The lowest BCUT2D eigenvalue weighted by Gasteiger charge is -2.24. The van der Waals surface area contributed by atoms with Gasteiger partial charge in [0.2, 0.25) is 0 Å². The van der Waals surface area contributed by atoms with Crippen molar-refractivity contribution in [2.24, 2.45) is 0 Å². The average Bonchev–Trinajstić information content (AvgIpc) is 2.87. The second-order valence-electron chi connectivity index (χ2n) is 7.91. The number of fused-ring (bicyclic) bond motifs is 1. The maximum atomic E-state index is 13.5. The van der Waals surface area contributed by atoms with Crippen LogP contribution in [0.25, 0.3) is 22.0 Å². The fourth-order valence-corrected chi connectivity index (χ4v) is 3.93. The third-order valence-electron chi connectivity index (χ3n) is 5.66. The molecule has 0 aliphatic heterocycles. The summed E-state index contributed by atoms with van der Waals surface area (Å²) in [5, 5.41) is 30.4. The van der Waals surface area contributed by atoms with E-state index in [4.69, 9.17) is 0 Å². The van der Waals surface area contributed by atoms with Gasteiger partial charge in [0.1, 0.15) is 17.2 Å². The van der Waals surface area contributed by atoms with Crippen molar-refractivity contribution in [1.82, 2.24) is 10.2 Å². The Kier molecular flexibility index (Phi) is 5.62. The molecule has 0 unspecified atom stereocenters. The quantitative estimate of drug-likeness (QED) is 0.369. The molecule has 34 heavy (non-hydrogen) atoms. The van der Waals surface area contributed by atoms with Gasteiger partial charge in [-0.1, -0.05) is 66.7 Å². The summed E-state index contributed by atoms with van der Waals surface area (Å²) in [4.78, 5) is 15.1. The van der Waals surface area contributed by atoms with Crippen molar-refractivity contribution in [2.45, 2.75) is 6.54 Å². The van der Waals surface area contributed by atoms with Gasteiger partial charge in [-0.2, -0.15) is 5.10 Å². The highest BCUT2D eigenvalue weighted by molar-refractivity contribution is 6.08. The van der Waals surface area contributed by atoms with Crippen LogP contribution in [0.15, 0.2) is 103 Å². The van der Waals surface area contributed by atoms with Crippen LogP contribution in [-0.4, -0.2) is 26.3 Å². The van der Waals surface area contributed by atoms with E-state index in [1.807, 2.05) is 78.9 Å². The molecule has 0 fully saturated rings. The number of aromatic nitrogens is 2. The smallest absolute Gasteiger partial charge is 0.262 e. The van der Waals surface area contributed by atoms with E-state index in [2.05, 4.69) is 10.2 Å². The summed E-state index contributed by atoms with van der Waals surface area (Å²) in [5.41, 5.74) is 3.36. The second kappa shape index (κ2) is 9.03. The van der Waals surface area contributed by atoms with Gasteiger partial charge >= 0.3 is 0 Å². The molecule has 0 saturated carbocycles. The van der Waals surface area contributed by atoms with Crippen LogP contribution in [0.4, 0.5) is 5.69 Å². The topological polar surface area (TPSA) is 86.5 Å². The molecule has 4 aromatic carbocycles. The van der Waals surface area contributed by atoms with Crippen LogP contribution >= 0.6 is 0 Å². The number of benzene rings is 4. The lowest BCUT2D eigenvalue weighted by molar-refractivity contribution is 0.0982. The Bertz CT molecular complexity index is 1460. The molecule has 5 aromatic rings. The largest absolute Gasteiger partial charge is 0.508 e. The standard InChI is InChI=1S/C28H21N3O3/c32-23-14-15-25(26(33)16-23)28(34)31(18-19-6-2-1-3-7-19)22-12-10-20(11-13-22)27-24-9-5-4-8-21(24)17-29-30-27/h1-17,32-33H,18H2. The van der Waals surface area contributed by atoms with Gasteiger partial charge in [0, 0.05) is 28.1 Å². The van der Waals surface area contributed by atoms with E-state index in [1.54, 1.807) is 11.1 Å². The zero-order valence-corrected chi connectivity index (χ0v) is 18.2. The highest BCUT2D eigenvalue weighted by Gasteiger charge is 2.22. The molecule has 0 saturated heterocycles. The van der Waals surface area contributed by atoms with E-state index in [0.29, 0.717) is 12.2 Å². The number of carbonyl (C=O) groups excluding carboxylic acids is 1. The molecule has 0 spiro atoms. The Morgan fingerprint density at radius 3 is 2.32 bits per heavy atom. The average molecular weight is 447 g/mol. The van der Waals surface area contributed by atoms with E-state index in [1.165, 1.54) is 12.1 Å². The minimum atomic E-state index is -0.376. The number of carbonyl (C=O) groups is 1. The predicted molar refractivity (Wildman–Crippen MR) is 132 cm³/mol. The predicted octanol–water partition coefficient (Wildman–Crippen LogP) is 5.56. The van der Waals surface area contributed by atoms with Crippen molar-refractivity contribution >= 4 is 22.4 Å². The lowest BCUT2D eigenvalue weighted by atomic mass is 10.0. The fraction of sp³-hybridized carbons (Fsp3) is 0.0357. The SMILES string of the molecule is O=C(c1ccc(O)cc1O)N(Cc1ccccc1)c1ccc(-c2nncc3ccccc23)cc1. The lowest BCUT2D eigenvalue weighted by Crippen LogP contribution is -2.30. The van der Waals surface area contributed by atoms with Crippen molar-refractivity contribution in [3.05, 3.63) is 114 Å². The van der Waals surface area contributed by atoms with Crippen LogP contribution < -0.4 is 4.90 Å². The Balaban J connectivity index is 1.54. The van der Waals surface area contributed by atoms with Gasteiger partial charge in [0.25, 0.3) is 5.91 Å². The first-order valence-corrected chi connectivity index (χ1v) is 10.8. The molecule has 1 amide bonds. The summed E-state index contributed by atoms with van der Waals surface area (Å²) in [6.07, 6.45) is 1.73. The van der Waals surface area contributed by atoms with Gasteiger partial charge in [-0.05, 0) is 29.8 Å². The number of anilines is 1. The summed E-state index contributed by atoms with van der Waals surface area (Å²) in [7, 11) is 0. The number of amides is 1. The van der Waals surface area contributed by atoms with Gasteiger partial charge in [-0.3, -0.25) is 4.79 Å². The first kappa shape index (κ1) is 21.2. The molecule has 0 radical (unpaired) electrons. The molecule has 2 N–H and O–H groups in total. The van der Waals surface area contributed by atoms with Crippen molar-refractivity contribution in [3.63, 3.8) is 0 Å². The third-order valence-corrected chi connectivity index (χ3v) is 5.66. The number of nitrogens with zero attached hydrogens (tertiary/aromatic N) is 3. The Morgan fingerprint density at radius 1 is 0.824 bits per heavy atom. The number of rotatable bonds is 5. The molecule has 6 heteroatoms. The van der Waals surface area contributed by atoms with E-state index in [0.717, 1.165) is 33.7 Å². The molecule has 1 aromatic heterocycles. The van der Waals surface area contributed by atoms with Crippen LogP contribution in [0, 0.1) is 0 Å².